The summed E-state index contributed by atoms with van der Waals surface area (Å²) in [7, 11) is 1.87. The van der Waals surface area contributed by atoms with Gasteiger partial charge in [-0.2, -0.15) is 0 Å². The summed E-state index contributed by atoms with van der Waals surface area (Å²) in [6.45, 7) is 4.02. The van der Waals surface area contributed by atoms with Gasteiger partial charge in [-0.1, -0.05) is 23.7 Å². The second-order valence-corrected chi connectivity index (χ2v) is 5.59. The number of hydrogen-bond donors (Lipinski definition) is 1. The van der Waals surface area contributed by atoms with Gasteiger partial charge < -0.3 is 5.32 Å². The molecule has 1 aromatic carbocycles. The molecule has 2 rings (SSSR count). The van der Waals surface area contributed by atoms with Crippen LogP contribution in [0.2, 0.25) is 5.02 Å². The Balaban J connectivity index is 2.16. The van der Waals surface area contributed by atoms with Crippen molar-refractivity contribution in [1.29, 1.82) is 0 Å². The molecular weight excluding hydrogens is 278 g/mol. The smallest absolute Gasteiger partial charge is 0.141 e. The van der Waals surface area contributed by atoms with Crippen LogP contribution in [0.5, 0.6) is 0 Å². The van der Waals surface area contributed by atoms with Crippen LogP contribution in [0.15, 0.2) is 29.2 Å². The fourth-order valence-electron chi connectivity index (χ4n) is 1.70. The number of rotatable bonds is 4. The minimum Gasteiger partial charge on any atom is -0.373 e. The van der Waals surface area contributed by atoms with E-state index in [0.29, 0.717) is 5.75 Å². The first-order valence-electron chi connectivity index (χ1n) is 6.01. The molecule has 0 bridgehead atoms. The minimum absolute atomic E-state index is 0.708. The van der Waals surface area contributed by atoms with Crippen molar-refractivity contribution in [2.75, 3.05) is 12.4 Å². The van der Waals surface area contributed by atoms with Crippen molar-refractivity contribution in [3.8, 4) is 0 Å². The van der Waals surface area contributed by atoms with Crippen LogP contribution < -0.4 is 5.32 Å². The van der Waals surface area contributed by atoms with E-state index in [9.17, 15) is 0 Å². The lowest BCUT2D eigenvalue weighted by molar-refractivity contribution is 0.974. The zero-order valence-electron chi connectivity index (χ0n) is 11.2. The molecular formula is C14H16ClN3S. The summed E-state index contributed by atoms with van der Waals surface area (Å²) in [5, 5.41) is 3.87. The van der Waals surface area contributed by atoms with Gasteiger partial charge in [0.2, 0.25) is 0 Å². The number of thioether (sulfide) groups is 1. The second kappa shape index (κ2) is 6.26. The highest BCUT2D eigenvalue weighted by Crippen LogP contribution is 2.29. The molecule has 19 heavy (non-hydrogen) atoms. The van der Waals surface area contributed by atoms with E-state index in [-0.39, 0.29) is 0 Å². The molecule has 0 saturated heterocycles. The number of halogens is 1. The lowest BCUT2D eigenvalue weighted by atomic mass is 10.2. The van der Waals surface area contributed by atoms with E-state index in [1.54, 1.807) is 11.8 Å². The topological polar surface area (TPSA) is 37.8 Å². The molecule has 2 aromatic rings. The lowest BCUT2D eigenvalue weighted by Crippen LogP contribution is -2.04. The van der Waals surface area contributed by atoms with Crippen LogP contribution in [0, 0.1) is 13.8 Å². The number of aromatic nitrogens is 2. The Bertz CT molecular complexity index is 587. The zero-order valence-corrected chi connectivity index (χ0v) is 12.8. The Morgan fingerprint density at radius 2 is 1.95 bits per heavy atom. The molecule has 0 spiro atoms. The van der Waals surface area contributed by atoms with E-state index in [4.69, 9.17) is 11.6 Å². The van der Waals surface area contributed by atoms with E-state index in [2.05, 4.69) is 15.3 Å². The normalized spacial score (nSPS) is 10.5. The first-order valence-corrected chi connectivity index (χ1v) is 7.37. The molecule has 0 radical (unpaired) electrons. The summed E-state index contributed by atoms with van der Waals surface area (Å²) >= 11 is 7.78. The van der Waals surface area contributed by atoms with Gasteiger partial charge in [-0.25, -0.2) is 9.97 Å². The third-order valence-corrected chi connectivity index (χ3v) is 4.38. The number of benzene rings is 1. The van der Waals surface area contributed by atoms with Gasteiger partial charge in [-0.05, 0) is 26.0 Å². The Labute approximate surface area is 122 Å². The van der Waals surface area contributed by atoms with E-state index < -0.39 is 0 Å². The van der Waals surface area contributed by atoms with Gasteiger partial charge in [0, 0.05) is 23.2 Å². The fourth-order valence-corrected chi connectivity index (χ4v) is 2.79. The second-order valence-electron chi connectivity index (χ2n) is 4.17. The van der Waals surface area contributed by atoms with E-state index in [0.717, 1.165) is 32.8 Å². The summed E-state index contributed by atoms with van der Waals surface area (Å²) in [4.78, 5) is 10.1. The van der Waals surface area contributed by atoms with Crippen molar-refractivity contribution in [2.24, 2.45) is 0 Å². The van der Waals surface area contributed by atoms with Crippen molar-refractivity contribution >= 4 is 29.2 Å². The Hall–Kier alpha value is -1.26. The highest BCUT2D eigenvalue weighted by molar-refractivity contribution is 7.98. The summed E-state index contributed by atoms with van der Waals surface area (Å²) in [6.07, 6.45) is 0. The summed E-state index contributed by atoms with van der Waals surface area (Å²) < 4.78 is 0. The van der Waals surface area contributed by atoms with Crippen molar-refractivity contribution in [3.63, 3.8) is 0 Å². The maximum atomic E-state index is 6.13. The van der Waals surface area contributed by atoms with E-state index >= 15 is 0 Å². The van der Waals surface area contributed by atoms with Gasteiger partial charge >= 0.3 is 0 Å². The van der Waals surface area contributed by atoms with Crippen LogP contribution in [0.1, 0.15) is 17.1 Å². The van der Waals surface area contributed by atoms with Crippen LogP contribution in [-0.2, 0) is 5.75 Å². The average Bonchev–Trinajstić information content (AvgIpc) is 2.41. The van der Waals surface area contributed by atoms with Crippen molar-refractivity contribution in [2.45, 2.75) is 24.5 Å². The van der Waals surface area contributed by atoms with Gasteiger partial charge in [0.25, 0.3) is 0 Å². The predicted octanol–water partition coefficient (Wildman–Crippen LogP) is 4.08. The SMILES string of the molecule is CNc1nc(CSc2ccccc2Cl)nc(C)c1C. The molecule has 5 heteroatoms. The lowest BCUT2D eigenvalue weighted by Gasteiger charge is -2.09. The maximum absolute atomic E-state index is 6.13. The summed E-state index contributed by atoms with van der Waals surface area (Å²) in [6, 6.07) is 7.81. The average molecular weight is 294 g/mol. The molecule has 0 amide bonds. The van der Waals surface area contributed by atoms with Gasteiger partial charge in [0.1, 0.15) is 11.6 Å². The summed E-state index contributed by atoms with van der Waals surface area (Å²) in [5.41, 5.74) is 2.10. The standard InChI is InChI=1S/C14H16ClN3S/c1-9-10(2)17-13(18-14(9)16-3)8-19-12-7-5-4-6-11(12)15/h4-7H,8H2,1-3H3,(H,16,17,18). The number of nitrogens with one attached hydrogen (secondary N) is 1. The van der Waals surface area contributed by atoms with Crippen molar-refractivity contribution < 1.29 is 0 Å². The van der Waals surface area contributed by atoms with Gasteiger partial charge in [0.15, 0.2) is 0 Å². The molecule has 100 valence electrons. The minimum atomic E-state index is 0.708. The van der Waals surface area contributed by atoms with Gasteiger partial charge in [0.05, 0.1) is 10.8 Å². The van der Waals surface area contributed by atoms with Crippen LogP contribution >= 0.6 is 23.4 Å². The first kappa shape index (κ1) is 14.2. The Kier molecular flexibility index (Phi) is 4.66. The molecule has 1 N–H and O–H groups in total. The van der Waals surface area contributed by atoms with E-state index in [1.807, 2.05) is 45.2 Å². The monoisotopic (exact) mass is 293 g/mol. The third kappa shape index (κ3) is 3.39. The van der Waals surface area contributed by atoms with Crippen LogP contribution in [0.3, 0.4) is 0 Å². The highest BCUT2D eigenvalue weighted by atomic mass is 35.5. The Morgan fingerprint density at radius 3 is 2.63 bits per heavy atom. The maximum Gasteiger partial charge on any atom is 0.141 e. The van der Waals surface area contributed by atoms with Crippen LogP contribution in [-0.4, -0.2) is 17.0 Å². The van der Waals surface area contributed by atoms with E-state index in [1.165, 1.54) is 0 Å². The quantitative estimate of drug-likeness (QED) is 0.862. The number of anilines is 1. The molecule has 0 atom stereocenters. The molecule has 0 saturated carbocycles. The van der Waals surface area contributed by atoms with Crippen molar-refractivity contribution in [3.05, 3.63) is 46.4 Å². The highest BCUT2D eigenvalue weighted by Gasteiger charge is 2.08. The molecule has 0 fully saturated rings. The third-order valence-electron chi connectivity index (χ3n) is 2.87. The van der Waals surface area contributed by atoms with Crippen LogP contribution in [0.25, 0.3) is 0 Å². The number of hydrogen-bond acceptors (Lipinski definition) is 4. The molecule has 1 heterocycles. The first-order chi connectivity index (χ1) is 9.11. The molecule has 0 aliphatic heterocycles. The largest absolute Gasteiger partial charge is 0.373 e. The molecule has 1 aromatic heterocycles. The zero-order chi connectivity index (χ0) is 13.8. The Morgan fingerprint density at radius 1 is 1.21 bits per heavy atom. The number of nitrogens with zero attached hydrogens (tertiary/aromatic N) is 2. The van der Waals surface area contributed by atoms with Gasteiger partial charge in [-0.3, -0.25) is 0 Å². The predicted molar refractivity (Wildman–Crippen MR) is 82.1 cm³/mol. The van der Waals surface area contributed by atoms with Crippen LogP contribution in [0.4, 0.5) is 5.82 Å². The van der Waals surface area contributed by atoms with Crippen molar-refractivity contribution in [1.82, 2.24) is 9.97 Å². The molecule has 0 unspecified atom stereocenters. The molecule has 0 aliphatic carbocycles. The molecule has 3 nitrogen and oxygen atoms in total. The molecule has 0 aliphatic rings. The number of aryl methyl sites for hydroxylation is 1. The fraction of sp³-hybridized carbons (Fsp3) is 0.286. The van der Waals surface area contributed by atoms with Gasteiger partial charge in [-0.15, -0.1) is 11.8 Å². The summed E-state index contributed by atoms with van der Waals surface area (Å²) in [5.74, 6) is 2.42.